The van der Waals surface area contributed by atoms with Gasteiger partial charge in [-0.3, -0.25) is 13.4 Å². The summed E-state index contributed by atoms with van der Waals surface area (Å²) in [6.07, 6.45) is 1.08. The minimum absolute atomic E-state index is 0.0674. The van der Waals surface area contributed by atoms with Crippen LogP contribution in [0.3, 0.4) is 0 Å². The topological polar surface area (TPSA) is 104 Å². The zero-order valence-corrected chi connectivity index (χ0v) is 20.1. The molecule has 0 bridgehead atoms. The predicted molar refractivity (Wildman–Crippen MR) is 130 cm³/mol. The molecule has 0 saturated heterocycles. The monoisotopic (exact) mass is 487 g/mol. The molecule has 0 spiro atoms. The molecule has 174 valence electrons. The van der Waals surface area contributed by atoms with Crippen molar-refractivity contribution < 1.29 is 21.6 Å². The lowest BCUT2D eigenvalue weighted by atomic mass is 10.2. The van der Waals surface area contributed by atoms with Crippen molar-refractivity contribution in [3.8, 4) is 0 Å². The van der Waals surface area contributed by atoms with Gasteiger partial charge in [-0.05, 0) is 48.9 Å². The first kappa shape index (κ1) is 24.3. The Morgan fingerprint density at radius 2 is 1.52 bits per heavy atom. The zero-order chi connectivity index (χ0) is 24.2. The number of amides is 1. The molecular weight excluding hydrogens is 462 g/mol. The minimum atomic E-state index is -4.02. The number of benzene rings is 3. The van der Waals surface area contributed by atoms with Gasteiger partial charge in [0.25, 0.3) is 10.0 Å². The number of anilines is 3. The van der Waals surface area contributed by atoms with Crippen molar-refractivity contribution in [2.75, 3.05) is 33.8 Å². The number of rotatable bonds is 8. The molecule has 0 aromatic heterocycles. The molecule has 1 N–H and O–H groups in total. The Morgan fingerprint density at radius 1 is 0.879 bits per heavy atom. The van der Waals surface area contributed by atoms with E-state index in [0.29, 0.717) is 22.6 Å². The van der Waals surface area contributed by atoms with E-state index in [4.69, 9.17) is 0 Å². The van der Waals surface area contributed by atoms with Crippen LogP contribution in [0, 0.1) is 6.92 Å². The minimum Gasteiger partial charge on any atom is -0.324 e. The average Bonchev–Trinajstić information content (AvgIpc) is 2.77. The SMILES string of the molecule is Cc1ccccc1N(CC(=O)Nc1cccc(N(C)S(C)(=O)=O)c1)S(=O)(=O)c1ccccc1. The summed E-state index contributed by atoms with van der Waals surface area (Å²) in [5.74, 6) is -0.572. The zero-order valence-electron chi connectivity index (χ0n) is 18.5. The third-order valence-corrected chi connectivity index (χ3v) is 7.97. The van der Waals surface area contributed by atoms with Crippen molar-refractivity contribution in [3.63, 3.8) is 0 Å². The smallest absolute Gasteiger partial charge is 0.264 e. The number of hydrogen-bond donors (Lipinski definition) is 1. The lowest BCUT2D eigenvalue weighted by Gasteiger charge is -2.25. The third-order valence-electron chi connectivity index (χ3n) is 4.99. The molecule has 3 rings (SSSR count). The number of nitrogens with one attached hydrogen (secondary N) is 1. The number of nitrogens with zero attached hydrogens (tertiary/aromatic N) is 2. The number of para-hydroxylation sites is 1. The van der Waals surface area contributed by atoms with Crippen molar-refractivity contribution in [3.05, 3.63) is 84.4 Å². The van der Waals surface area contributed by atoms with E-state index in [1.807, 2.05) is 0 Å². The maximum absolute atomic E-state index is 13.4. The van der Waals surface area contributed by atoms with Gasteiger partial charge in [0.15, 0.2) is 0 Å². The Labute approximate surface area is 194 Å². The first-order valence-electron chi connectivity index (χ1n) is 9.97. The Balaban J connectivity index is 1.92. The van der Waals surface area contributed by atoms with Crippen LogP contribution in [-0.4, -0.2) is 42.6 Å². The number of carbonyl (C=O) groups excluding carboxylic acids is 1. The summed E-state index contributed by atoms with van der Waals surface area (Å²) >= 11 is 0. The van der Waals surface area contributed by atoms with E-state index in [1.54, 1.807) is 67.6 Å². The standard InChI is InChI=1S/C23H25N3O5S2/c1-18-10-7-8-15-22(18)26(33(30,31)21-13-5-4-6-14-21)17-23(27)24-19-11-9-12-20(16-19)25(2)32(3,28)29/h4-16H,17H2,1-3H3,(H,24,27). The molecule has 0 radical (unpaired) electrons. The lowest BCUT2D eigenvalue weighted by Crippen LogP contribution is -2.38. The first-order valence-corrected chi connectivity index (χ1v) is 13.3. The molecule has 8 nitrogen and oxygen atoms in total. The second-order valence-electron chi connectivity index (χ2n) is 7.44. The van der Waals surface area contributed by atoms with Crippen LogP contribution < -0.4 is 13.9 Å². The highest BCUT2D eigenvalue weighted by Crippen LogP contribution is 2.27. The van der Waals surface area contributed by atoms with Crippen molar-refractivity contribution >= 4 is 43.0 Å². The molecule has 33 heavy (non-hydrogen) atoms. The maximum Gasteiger partial charge on any atom is 0.264 e. The van der Waals surface area contributed by atoms with Crippen molar-refractivity contribution in [2.24, 2.45) is 0 Å². The lowest BCUT2D eigenvalue weighted by molar-refractivity contribution is -0.114. The van der Waals surface area contributed by atoms with Crippen LogP contribution in [0.4, 0.5) is 17.1 Å². The second kappa shape index (κ2) is 9.63. The average molecular weight is 488 g/mol. The summed E-state index contributed by atoms with van der Waals surface area (Å²) in [6, 6.07) is 21.1. The fraction of sp³-hybridized carbons (Fsp3) is 0.174. The van der Waals surface area contributed by atoms with Crippen LogP contribution in [0.5, 0.6) is 0 Å². The molecular formula is C23H25N3O5S2. The molecule has 0 atom stereocenters. The molecule has 3 aromatic rings. The maximum atomic E-state index is 13.4. The Morgan fingerprint density at radius 3 is 2.15 bits per heavy atom. The van der Waals surface area contributed by atoms with Gasteiger partial charge in [-0.2, -0.15) is 0 Å². The van der Waals surface area contributed by atoms with Crippen LogP contribution >= 0.6 is 0 Å². The van der Waals surface area contributed by atoms with E-state index in [1.165, 1.54) is 25.2 Å². The van der Waals surface area contributed by atoms with Crippen molar-refractivity contribution in [1.82, 2.24) is 0 Å². The molecule has 0 aliphatic heterocycles. The predicted octanol–water partition coefficient (Wildman–Crippen LogP) is 3.22. The fourth-order valence-electron chi connectivity index (χ4n) is 3.16. The highest BCUT2D eigenvalue weighted by atomic mass is 32.2. The van der Waals surface area contributed by atoms with Gasteiger partial charge in [0.2, 0.25) is 15.9 Å². The van der Waals surface area contributed by atoms with Crippen LogP contribution in [0.25, 0.3) is 0 Å². The van der Waals surface area contributed by atoms with Gasteiger partial charge in [0.1, 0.15) is 6.54 Å². The summed E-state index contributed by atoms with van der Waals surface area (Å²) in [7, 11) is -6.09. The summed E-state index contributed by atoms with van der Waals surface area (Å²) in [5.41, 5.74) is 1.79. The quantitative estimate of drug-likeness (QED) is 0.525. The largest absolute Gasteiger partial charge is 0.324 e. The molecule has 0 heterocycles. The summed E-state index contributed by atoms with van der Waals surface area (Å²) in [6.45, 7) is 1.31. The van der Waals surface area contributed by atoms with Crippen LogP contribution in [0.15, 0.2) is 83.8 Å². The third kappa shape index (κ3) is 5.71. The van der Waals surface area contributed by atoms with Gasteiger partial charge in [0.05, 0.1) is 22.5 Å². The summed E-state index contributed by atoms with van der Waals surface area (Å²) in [5, 5.41) is 2.67. The van der Waals surface area contributed by atoms with Gasteiger partial charge in [-0.1, -0.05) is 42.5 Å². The van der Waals surface area contributed by atoms with Crippen LogP contribution in [0.2, 0.25) is 0 Å². The Hall–Kier alpha value is -3.37. The van der Waals surface area contributed by atoms with Gasteiger partial charge in [-0.15, -0.1) is 0 Å². The van der Waals surface area contributed by atoms with Gasteiger partial charge in [-0.25, -0.2) is 16.8 Å². The highest BCUT2D eigenvalue weighted by molar-refractivity contribution is 7.93. The Bertz CT molecular complexity index is 1360. The van der Waals surface area contributed by atoms with Gasteiger partial charge >= 0.3 is 0 Å². The number of hydrogen-bond acceptors (Lipinski definition) is 5. The van der Waals surface area contributed by atoms with E-state index in [9.17, 15) is 21.6 Å². The second-order valence-corrected chi connectivity index (χ2v) is 11.3. The number of sulfonamides is 2. The number of carbonyl (C=O) groups is 1. The molecule has 0 fully saturated rings. The van der Waals surface area contributed by atoms with E-state index >= 15 is 0 Å². The summed E-state index contributed by atoms with van der Waals surface area (Å²) < 4.78 is 52.6. The Kier molecular flexibility index (Phi) is 7.09. The molecule has 0 unspecified atom stereocenters. The van der Waals surface area contributed by atoms with E-state index < -0.39 is 32.5 Å². The summed E-state index contributed by atoms with van der Waals surface area (Å²) in [4.78, 5) is 13.0. The van der Waals surface area contributed by atoms with Crippen LogP contribution in [-0.2, 0) is 24.8 Å². The normalized spacial score (nSPS) is 11.6. The van der Waals surface area contributed by atoms with E-state index in [-0.39, 0.29) is 4.90 Å². The molecule has 3 aromatic carbocycles. The number of aryl methyl sites for hydroxylation is 1. The molecule has 0 aliphatic carbocycles. The van der Waals surface area contributed by atoms with Crippen molar-refractivity contribution in [1.29, 1.82) is 0 Å². The first-order chi connectivity index (χ1) is 15.5. The van der Waals surface area contributed by atoms with Crippen LogP contribution in [0.1, 0.15) is 5.56 Å². The molecule has 1 amide bonds. The fourth-order valence-corrected chi connectivity index (χ4v) is 5.17. The molecule has 0 aliphatic rings. The van der Waals surface area contributed by atoms with E-state index in [0.717, 1.165) is 14.9 Å². The van der Waals surface area contributed by atoms with Gasteiger partial charge in [0, 0.05) is 12.7 Å². The molecule has 0 saturated carbocycles. The molecule has 10 heteroatoms. The van der Waals surface area contributed by atoms with E-state index in [2.05, 4.69) is 5.32 Å². The van der Waals surface area contributed by atoms with Crippen molar-refractivity contribution in [2.45, 2.75) is 11.8 Å². The van der Waals surface area contributed by atoms with Gasteiger partial charge < -0.3 is 5.32 Å². The highest BCUT2D eigenvalue weighted by Gasteiger charge is 2.28.